The van der Waals surface area contributed by atoms with Crippen LogP contribution in [0.4, 0.5) is 14.5 Å². The molecule has 1 aromatic carbocycles. The van der Waals surface area contributed by atoms with Crippen LogP contribution in [0.5, 0.6) is 0 Å². The molecule has 3 fully saturated rings. The van der Waals surface area contributed by atoms with Gasteiger partial charge >= 0.3 is 0 Å². The van der Waals surface area contributed by atoms with Crippen molar-refractivity contribution in [3.63, 3.8) is 0 Å². The number of amides is 1. The topological polar surface area (TPSA) is 43.8 Å². The van der Waals surface area contributed by atoms with Crippen molar-refractivity contribution >= 4 is 11.6 Å². The molecule has 0 radical (unpaired) electrons. The lowest BCUT2D eigenvalue weighted by atomic mass is 9.78. The summed E-state index contributed by atoms with van der Waals surface area (Å²) in [6.07, 6.45) is 5.36. The molecule has 0 aromatic heterocycles. The smallest absolute Gasteiger partial charge is 0.230 e. The van der Waals surface area contributed by atoms with E-state index in [1.165, 1.54) is 6.07 Å². The summed E-state index contributed by atoms with van der Waals surface area (Å²) in [6.45, 7) is 1.84. The van der Waals surface area contributed by atoms with E-state index in [1.54, 1.807) is 6.07 Å². The Hall–Kier alpha value is -1.69. The van der Waals surface area contributed by atoms with Gasteiger partial charge in [-0.05, 0) is 57.1 Å². The zero-order valence-corrected chi connectivity index (χ0v) is 15.0. The van der Waals surface area contributed by atoms with Crippen molar-refractivity contribution in [2.75, 3.05) is 24.5 Å². The van der Waals surface area contributed by atoms with Crippen molar-refractivity contribution in [2.24, 2.45) is 5.41 Å². The molecule has 1 aliphatic carbocycles. The molecule has 4 rings (SSSR count). The lowest BCUT2D eigenvalue weighted by Crippen LogP contribution is -2.50. The Balaban J connectivity index is 1.52. The summed E-state index contributed by atoms with van der Waals surface area (Å²) in [4.78, 5) is 17.1. The zero-order valence-electron chi connectivity index (χ0n) is 15.0. The number of benzene rings is 1. The highest BCUT2D eigenvalue weighted by Gasteiger charge is 2.50. The van der Waals surface area contributed by atoms with Crippen molar-refractivity contribution in [2.45, 2.75) is 57.1 Å². The molecule has 2 aliphatic heterocycles. The fourth-order valence-electron chi connectivity index (χ4n) is 5.02. The van der Waals surface area contributed by atoms with E-state index < -0.39 is 17.0 Å². The second kappa shape index (κ2) is 6.80. The highest BCUT2D eigenvalue weighted by atomic mass is 19.2. The molecule has 6 heteroatoms. The van der Waals surface area contributed by atoms with Crippen molar-refractivity contribution in [3.8, 4) is 0 Å². The molecule has 1 amide bonds. The minimum absolute atomic E-state index is 0.167. The lowest BCUT2D eigenvalue weighted by Gasteiger charge is -2.41. The highest BCUT2D eigenvalue weighted by Crippen LogP contribution is 2.43. The third kappa shape index (κ3) is 2.98. The van der Waals surface area contributed by atoms with Gasteiger partial charge in [0.15, 0.2) is 11.6 Å². The average Bonchev–Trinajstić information content (AvgIpc) is 2.94. The van der Waals surface area contributed by atoms with Crippen LogP contribution < -0.4 is 4.90 Å². The molecule has 1 spiro atoms. The summed E-state index contributed by atoms with van der Waals surface area (Å²) in [6, 6.07) is 4.45. The van der Waals surface area contributed by atoms with E-state index >= 15 is 0 Å². The molecular formula is C20H26F2N2O2. The van der Waals surface area contributed by atoms with Gasteiger partial charge in [-0.3, -0.25) is 4.79 Å². The normalized spacial score (nSPS) is 32.5. The Morgan fingerprint density at radius 3 is 2.62 bits per heavy atom. The second-order valence-electron chi connectivity index (χ2n) is 8.09. The van der Waals surface area contributed by atoms with Crippen LogP contribution in [0, 0.1) is 17.0 Å². The van der Waals surface area contributed by atoms with Crippen molar-refractivity contribution < 1.29 is 18.7 Å². The van der Waals surface area contributed by atoms with Crippen LogP contribution in [-0.2, 0) is 4.79 Å². The van der Waals surface area contributed by atoms with Gasteiger partial charge in [-0.1, -0.05) is 6.07 Å². The quantitative estimate of drug-likeness (QED) is 0.877. The van der Waals surface area contributed by atoms with E-state index in [9.17, 15) is 18.7 Å². The summed E-state index contributed by atoms with van der Waals surface area (Å²) in [7, 11) is 0. The van der Waals surface area contributed by atoms with Crippen LogP contribution in [0.1, 0.15) is 44.9 Å². The van der Waals surface area contributed by atoms with Gasteiger partial charge in [-0.2, -0.15) is 0 Å². The SMILES string of the molecule is O=C1N([C@H]2CC[C@H](O)CC2)CC[C@@]12CCCN(c1cccc(F)c1F)C2. The molecule has 1 saturated carbocycles. The monoisotopic (exact) mass is 364 g/mol. The van der Waals surface area contributed by atoms with Crippen LogP contribution in [-0.4, -0.2) is 47.7 Å². The van der Waals surface area contributed by atoms with E-state index in [0.717, 1.165) is 57.6 Å². The zero-order chi connectivity index (χ0) is 18.3. The van der Waals surface area contributed by atoms with Crippen LogP contribution in [0.15, 0.2) is 18.2 Å². The number of halogens is 2. The molecule has 1 aromatic rings. The second-order valence-corrected chi connectivity index (χ2v) is 8.09. The number of anilines is 1. The molecule has 1 N–H and O–H groups in total. The number of hydrogen-bond donors (Lipinski definition) is 1. The third-order valence-corrected chi connectivity index (χ3v) is 6.50. The molecule has 1 atom stereocenters. The predicted molar refractivity (Wildman–Crippen MR) is 94.8 cm³/mol. The Labute approximate surface area is 152 Å². The van der Waals surface area contributed by atoms with E-state index in [4.69, 9.17) is 0 Å². The van der Waals surface area contributed by atoms with Crippen molar-refractivity contribution in [3.05, 3.63) is 29.8 Å². The van der Waals surface area contributed by atoms with E-state index in [0.29, 0.717) is 13.1 Å². The number of carbonyl (C=O) groups excluding carboxylic acids is 1. The third-order valence-electron chi connectivity index (χ3n) is 6.50. The summed E-state index contributed by atoms with van der Waals surface area (Å²) in [5.74, 6) is -1.50. The number of piperidine rings is 1. The first-order valence-electron chi connectivity index (χ1n) is 9.68. The number of nitrogens with zero attached hydrogens (tertiary/aromatic N) is 2. The van der Waals surface area contributed by atoms with Gasteiger partial charge in [0.1, 0.15) is 0 Å². The molecule has 2 saturated heterocycles. The van der Waals surface area contributed by atoms with Crippen molar-refractivity contribution in [1.82, 2.24) is 4.90 Å². The number of carbonyl (C=O) groups is 1. The molecule has 0 unspecified atom stereocenters. The van der Waals surface area contributed by atoms with Gasteiger partial charge in [-0.15, -0.1) is 0 Å². The van der Waals surface area contributed by atoms with Crippen LogP contribution in [0.2, 0.25) is 0 Å². The van der Waals surface area contributed by atoms with Gasteiger partial charge in [0.2, 0.25) is 5.91 Å². The van der Waals surface area contributed by atoms with Crippen molar-refractivity contribution in [1.29, 1.82) is 0 Å². The van der Waals surface area contributed by atoms with E-state index in [2.05, 4.69) is 0 Å². The maximum absolute atomic E-state index is 14.2. The maximum atomic E-state index is 14.2. The van der Waals surface area contributed by atoms with Gasteiger partial charge in [0, 0.05) is 25.7 Å². The predicted octanol–water partition coefficient (Wildman–Crippen LogP) is 3.09. The molecule has 4 nitrogen and oxygen atoms in total. The van der Waals surface area contributed by atoms with E-state index in [-0.39, 0.29) is 23.7 Å². The molecule has 2 heterocycles. The van der Waals surface area contributed by atoms with E-state index in [1.807, 2.05) is 9.80 Å². The summed E-state index contributed by atoms with van der Waals surface area (Å²) < 4.78 is 27.8. The molecule has 3 aliphatic rings. The first kappa shape index (κ1) is 17.7. The minimum atomic E-state index is -0.845. The molecule has 26 heavy (non-hydrogen) atoms. The number of aliphatic hydroxyl groups is 1. The number of hydrogen-bond acceptors (Lipinski definition) is 3. The van der Waals surface area contributed by atoms with Gasteiger partial charge in [0.25, 0.3) is 0 Å². The van der Waals surface area contributed by atoms with Gasteiger partial charge < -0.3 is 14.9 Å². The first-order chi connectivity index (χ1) is 12.5. The number of rotatable bonds is 2. The summed E-state index contributed by atoms with van der Waals surface area (Å²) >= 11 is 0. The standard InChI is InChI=1S/C20H26F2N2O2/c21-16-3-1-4-17(18(16)22)23-11-2-9-20(13-23)10-12-24(19(20)26)14-5-7-15(25)8-6-14/h1,3-4,14-15,25H,2,5-13H2/t14-,15-,20-/m1/s1. The average molecular weight is 364 g/mol. The van der Waals surface area contributed by atoms with Crippen LogP contribution in [0.3, 0.4) is 0 Å². The molecular weight excluding hydrogens is 338 g/mol. The Morgan fingerprint density at radius 1 is 1.08 bits per heavy atom. The largest absolute Gasteiger partial charge is 0.393 e. The van der Waals surface area contributed by atoms with Gasteiger partial charge in [-0.25, -0.2) is 8.78 Å². The summed E-state index contributed by atoms with van der Waals surface area (Å²) in [5, 5.41) is 9.71. The number of aliphatic hydroxyl groups excluding tert-OH is 1. The highest BCUT2D eigenvalue weighted by molar-refractivity contribution is 5.86. The Morgan fingerprint density at radius 2 is 1.85 bits per heavy atom. The number of likely N-dealkylation sites (tertiary alicyclic amines) is 1. The summed E-state index contributed by atoms with van der Waals surface area (Å²) in [5.41, 5.74) is -0.219. The van der Waals surface area contributed by atoms with Gasteiger partial charge in [0.05, 0.1) is 17.2 Å². The fraction of sp³-hybridized carbons (Fsp3) is 0.650. The minimum Gasteiger partial charge on any atom is -0.393 e. The molecule has 0 bridgehead atoms. The molecule has 142 valence electrons. The maximum Gasteiger partial charge on any atom is 0.230 e. The Bertz CT molecular complexity index is 690. The first-order valence-corrected chi connectivity index (χ1v) is 9.68. The lowest BCUT2D eigenvalue weighted by molar-refractivity contribution is -0.139. The van der Waals surface area contributed by atoms with Crippen LogP contribution in [0.25, 0.3) is 0 Å². The van der Waals surface area contributed by atoms with Crippen LogP contribution >= 0.6 is 0 Å². The fourth-order valence-corrected chi connectivity index (χ4v) is 5.02. The Kier molecular flexibility index (Phi) is 4.63.